The van der Waals surface area contributed by atoms with Crippen LogP contribution in [-0.4, -0.2) is 50.5 Å². The fraction of sp³-hybridized carbons (Fsp3) is 0.400. The van der Waals surface area contributed by atoms with E-state index >= 15 is 0 Å². The molecule has 3 heterocycles. The highest BCUT2D eigenvalue weighted by Gasteiger charge is 2.39. The molecule has 3 aromatic rings. The number of alkyl halides is 3. The van der Waals surface area contributed by atoms with Crippen molar-refractivity contribution in [1.82, 2.24) is 19.4 Å². The van der Waals surface area contributed by atoms with Gasteiger partial charge in [-0.2, -0.15) is 13.2 Å². The summed E-state index contributed by atoms with van der Waals surface area (Å²) in [5.74, 6) is -0.235. The third kappa shape index (κ3) is 4.74. The molecule has 0 unspecified atom stereocenters. The minimum atomic E-state index is -4.64. The lowest BCUT2D eigenvalue weighted by molar-refractivity contribution is -0.138. The number of amides is 1. The molecule has 0 radical (unpaired) electrons. The van der Waals surface area contributed by atoms with Crippen molar-refractivity contribution in [3.8, 4) is 5.69 Å². The molecule has 184 valence electrons. The normalized spacial score (nSPS) is 17.0. The van der Waals surface area contributed by atoms with Crippen LogP contribution in [-0.2, 0) is 6.18 Å². The van der Waals surface area contributed by atoms with Gasteiger partial charge in [0.15, 0.2) is 11.6 Å². The first-order chi connectivity index (χ1) is 16.7. The third-order valence-electron chi connectivity index (χ3n) is 6.70. The summed E-state index contributed by atoms with van der Waals surface area (Å²) in [5, 5.41) is 0. The maximum atomic E-state index is 14.4. The molecule has 1 aliphatic carbocycles. The Bertz CT molecular complexity index is 1210. The fourth-order valence-corrected chi connectivity index (χ4v) is 4.72. The number of hydrogen-bond acceptors (Lipinski definition) is 4. The number of rotatable bonds is 5. The van der Waals surface area contributed by atoms with Gasteiger partial charge in [-0.15, -0.1) is 0 Å². The predicted molar refractivity (Wildman–Crippen MR) is 122 cm³/mol. The second-order valence-electron chi connectivity index (χ2n) is 9.08. The highest BCUT2D eigenvalue weighted by molar-refractivity contribution is 5.95. The standard InChI is InChI=1S/C25H25F4N5O/c1-16-30-10-13-33(16)19-4-2-17(3-5-19)24(35)34(20-6-7-20)21-8-11-32(12-9-21)23-22(26)14-18(15-31-23)25(27,28)29/h2-5,10,13-15,20-21H,6-9,11-12H2,1H3. The van der Waals surface area contributed by atoms with Crippen LogP contribution in [0.3, 0.4) is 0 Å². The summed E-state index contributed by atoms with van der Waals surface area (Å²) in [7, 11) is 0. The molecule has 1 aromatic carbocycles. The molecule has 1 saturated carbocycles. The van der Waals surface area contributed by atoms with E-state index in [2.05, 4.69) is 9.97 Å². The molecule has 2 aliphatic rings. The highest BCUT2D eigenvalue weighted by atomic mass is 19.4. The molecule has 6 nitrogen and oxygen atoms in total. The summed E-state index contributed by atoms with van der Waals surface area (Å²) in [5.41, 5.74) is 0.429. The molecule has 5 rings (SSSR count). The van der Waals surface area contributed by atoms with Crippen molar-refractivity contribution in [2.75, 3.05) is 18.0 Å². The Morgan fingerprint density at radius 2 is 1.69 bits per heavy atom. The van der Waals surface area contributed by atoms with E-state index in [0.717, 1.165) is 24.4 Å². The number of nitrogens with zero attached hydrogens (tertiary/aromatic N) is 5. The third-order valence-corrected chi connectivity index (χ3v) is 6.70. The van der Waals surface area contributed by atoms with Crippen LogP contribution in [0.4, 0.5) is 23.4 Å². The van der Waals surface area contributed by atoms with Gasteiger partial charge in [-0.1, -0.05) is 0 Å². The van der Waals surface area contributed by atoms with Gasteiger partial charge < -0.3 is 14.4 Å². The van der Waals surface area contributed by atoms with E-state index in [1.165, 1.54) is 0 Å². The Kier molecular flexibility index (Phi) is 5.98. The largest absolute Gasteiger partial charge is 0.417 e. The lowest BCUT2D eigenvalue weighted by atomic mass is 10.0. The monoisotopic (exact) mass is 487 g/mol. The number of pyridine rings is 1. The number of aryl methyl sites for hydroxylation is 1. The molecule has 2 aromatic heterocycles. The quantitative estimate of drug-likeness (QED) is 0.475. The van der Waals surface area contributed by atoms with E-state index in [9.17, 15) is 22.4 Å². The zero-order chi connectivity index (χ0) is 24.7. The van der Waals surface area contributed by atoms with E-state index in [0.29, 0.717) is 43.8 Å². The van der Waals surface area contributed by atoms with Crippen LogP contribution < -0.4 is 4.90 Å². The van der Waals surface area contributed by atoms with Crippen LogP contribution in [0.25, 0.3) is 5.69 Å². The van der Waals surface area contributed by atoms with E-state index in [4.69, 9.17) is 0 Å². The van der Waals surface area contributed by atoms with Crippen molar-refractivity contribution in [3.63, 3.8) is 0 Å². The van der Waals surface area contributed by atoms with Crippen molar-refractivity contribution < 1.29 is 22.4 Å². The molecule has 1 amide bonds. The van der Waals surface area contributed by atoms with Crippen LogP contribution in [0.2, 0.25) is 0 Å². The Morgan fingerprint density at radius 1 is 1.03 bits per heavy atom. The second kappa shape index (κ2) is 8.98. The van der Waals surface area contributed by atoms with Crippen molar-refractivity contribution in [1.29, 1.82) is 0 Å². The number of carbonyl (C=O) groups is 1. The molecule has 10 heteroatoms. The van der Waals surface area contributed by atoms with Crippen molar-refractivity contribution in [2.24, 2.45) is 0 Å². The van der Waals surface area contributed by atoms with E-state index in [-0.39, 0.29) is 23.8 Å². The smallest absolute Gasteiger partial charge is 0.354 e. The lowest BCUT2D eigenvalue weighted by Crippen LogP contribution is -2.48. The van der Waals surface area contributed by atoms with Gasteiger partial charge in [0.1, 0.15) is 5.82 Å². The van der Waals surface area contributed by atoms with Crippen LogP contribution in [0.5, 0.6) is 0 Å². The van der Waals surface area contributed by atoms with Gasteiger partial charge in [-0.25, -0.2) is 14.4 Å². The van der Waals surface area contributed by atoms with E-state index in [1.54, 1.807) is 11.1 Å². The van der Waals surface area contributed by atoms with Gasteiger partial charge in [0.05, 0.1) is 5.56 Å². The minimum Gasteiger partial charge on any atom is -0.354 e. The Morgan fingerprint density at radius 3 is 2.23 bits per heavy atom. The topological polar surface area (TPSA) is 54.3 Å². The van der Waals surface area contributed by atoms with Crippen LogP contribution in [0.15, 0.2) is 48.9 Å². The summed E-state index contributed by atoms with van der Waals surface area (Å²) < 4.78 is 54.8. The number of aromatic nitrogens is 3. The zero-order valence-corrected chi connectivity index (χ0v) is 19.2. The Hall–Kier alpha value is -3.43. The van der Waals surface area contributed by atoms with Crippen molar-refractivity contribution in [3.05, 3.63) is 71.7 Å². The summed E-state index contributed by atoms with van der Waals surface area (Å²) in [6, 6.07) is 8.11. The molecule has 0 spiro atoms. The molecular weight excluding hydrogens is 462 g/mol. The Balaban J connectivity index is 1.27. The summed E-state index contributed by atoms with van der Waals surface area (Å²) >= 11 is 0. The van der Waals surface area contributed by atoms with E-state index < -0.39 is 17.6 Å². The molecule has 1 saturated heterocycles. The Labute approximate surface area is 200 Å². The highest BCUT2D eigenvalue weighted by Crippen LogP contribution is 2.35. The van der Waals surface area contributed by atoms with Crippen LogP contribution in [0.1, 0.15) is 47.4 Å². The first-order valence-electron chi connectivity index (χ1n) is 11.6. The number of anilines is 1. The van der Waals surface area contributed by atoms with Gasteiger partial charge in [0.2, 0.25) is 0 Å². The van der Waals surface area contributed by atoms with Gasteiger partial charge in [-0.3, -0.25) is 4.79 Å². The average Bonchev–Trinajstić information content (AvgIpc) is 3.58. The zero-order valence-electron chi connectivity index (χ0n) is 19.2. The van der Waals surface area contributed by atoms with Gasteiger partial charge >= 0.3 is 6.18 Å². The average molecular weight is 488 g/mol. The molecular formula is C25H25F4N5O. The second-order valence-corrected chi connectivity index (χ2v) is 9.08. The van der Waals surface area contributed by atoms with Gasteiger partial charge in [0.25, 0.3) is 5.91 Å². The number of imidazole rings is 1. The first kappa shape index (κ1) is 23.3. The first-order valence-corrected chi connectivity index (χ1v) is 11.6. The SMILES string of the molecule is Cc1nccn1-c1ccc(C(=O)N(C2CC2)C2CCN(c3ncc(C(F)(F)F)cc3F)CC2)cc1. The molecule has 35 heavy (non-hydrogen) atoms. The molecule has 0 atom stereocenters. The van der Waals surface area contributed by atoms with Crippen LogP contribution >= 0.6 is 0 Å². The lowest BCUT2D eigenvalue weighted by Gasteiger charge is -2.39. The maximum Gasteiger partial charge on any atom is 0.417 e. The summed E-state index contributed by atoms with van der Waals surface area (Å²) in [4.78, 5) is 25.0. The number of benzene rings is 1. The van der Waals surface area contributed by atoms with Gasteiger partial charge in [0, 0.05) is 55.0 Å². The number of hydrogen-bond donors (Lipinski definition) is 0. The summed E-state index contributed by atoms with van der Waals surface area (Å²) in [6.45, 7) is 2.73. The number of piperidine rings is 1. The number of carbonyl (C=O) groups excluding carboxylic acids is 1. The van der Waals surface area contributed by atoms with E-state index in [1.807, 2.05) is 46.9 Å². The molecule has 2 fully saturated rings. The fourth-order valence-electron chi connectivity index (χ4n) is 4.72. The number of halogens is 4. The molecule has 1 aliphatic heterocycles. The van der Waals surface area contributed by atoms with Crippen molar-refractivity contribution >= 4 is 11.7 Å². The van der Waals surface area contributed by atoms with Gasteiger partial charge in [-0.05, 0) is 62.9 Å². The molecule has 0 bridgehead atoms. The molecule has 0 N–H and O–H groups in total. The predicted octanol–water partition coefficient (Wildman–Crippen LogP) is 5.01. The van der Waals surface area contributed by atoms with Crippen molar-refractivity contribution in [2.45, 2.75) is 50.9 Å². The summed E-state index contributed by atoms with van der Waals surface area (Å²) in [6.07, 6.45) is 2.71. The minimum absolute atomic E-state index is 0.0145. The van der Waals surface area contributed by atoms with Crippen LogP contribution in [0, 0.1) is 12.7 Å². The maximum absolute atomic E-state index is 14.4.